The molecule has 2 aromatic heterocycles. The number of carbonyl (C=O) groups is 2. The lowest BCUT2D eigenvalue weighted by Crippen LogP contribution is -2.45. The zero-order valence-corrected chi connectivity index (χ0v) is 19.4. The molecular weight excluding hydrogens is 433 g/mol. The van der Waals surface area contributed by atoms with Crippen LogP contribution in [0.25, 0.3) is 11.3 Å². The van der Waals surface area contributed by atoms with Crippen LogP contribution in [0.5, 0.6) is 0 Å². The first-order chi connectivity index (χ1) is 16.4. The van der Waals surface area contributed by atoms with Crippen molar-refractivity contribution in [2.45, 2.75) is 25.8 Å². The quantitative estimate of drug-likeness (QED) is 0.605. The second kappa shape index (κ2) is 10.4. The van der Waals surface area contributed by atoms with Gasteiger partial charge < -0.3 is 15.1 Å². The number of amides is 2. The van der Waals surface area contributed by atoms with Crippen LogP contribution >= 0.6 is 0 Å². The average molecular weight is 462 g/mol. The Balaban J connectivity index is 1.30. The fraction of sp³-hybridized carbons (Fsp3) is 0.308. The van der Waals surface area contributed by atoms with Crippen LogP contribution in [0.15, 0.2) is 60.9 Å². The van der Waals surface area contributed by atoms with Gasteiger partial charge in [-0.2, -0.15) is 0 Å². The minimum absolute atomic E-state index is 0.0403. The molecule has 7 nitrogen and oxygen atoms in total. The van der Waals surface area contributed by atoms with Gasteiger partial charge in [0.05, 0.1) is 16.8 Å². The molecule has 1 fully saturated rings. The molecule has 2 amide bonds. The van der Waals surface area contributed by atoms with Crippen molar-refractivity contribution in [1.82, 2.24) is 20.2 Å². The van der Waals surface area contributed by atoms with Crippen LogP contribution < -0.4 is 10.2 Å². The summed E-state index contributed by atoms with van der Waals surface area (Å²) in [5.74, 6) is 0.299. The topological polar surface area (TPSA) is 78.4 Å². The van der Waals surface area contributed by atoms with Gasteiger partial charge in [-0.1, -0.05) is 12.1 Å². The van der Waals surface area contributed by atoms with Gasteiger partial charge in [0, 0.05) is 50.7 Å². The number of benzene rings is 1. The Labute approximate surface area is 198 Å². The Morgan fingerprint density at radius 3 is 2.41 bits per heavy atom. The lowest BCUT2D eigenvalue weighted by molar-refractivity contribution is 0.0801. The van der Waals surface area contributed by atoms with E-state index >= 15 is 0 Å². The van der Waals surface area contributed by atoms with Gasteiger partial charge in [0.1, 0.15) is 11.6 Å². The van der Waals surface area contributed by atoms with Crippen molar-refractivity contribution in [2.75, 3.05) is 31.6 Å². The highest BCUT2D eigenvalue weighted by molar-refractivity contribution is 5.94. The fourth-order valence-electron chi connectivity index (χ4n) is 3.93. The lowest BCUT2D eigenvalue weighted by atomic mass is 10.0. The normalized spacial score (nSPS) is 14.0. The highest BCUT2D eigenvalue weighted by atomic mass is 19.1. The third-order valence-corrected chi connectivity index (χ3v) is 6.12. The smallest absolute Gasteiger partial charge is 0.255 e. The molecule has 1 saturated heterocycles. The van der Waals surface area contributed by atoms with E-state index in [1.807, 2.05) is 19.1 Å². The van der Waals surface area contributed by atoms with Gasteiger partial charge in [0.15, 0.2) is 0 Å². The number of hydrogen-bond acceptors (Lipinski definition) is 5. The molecule has 0 unspecified atom stereocenters. The Hall–Kier alpha value is -3.81. The third kappa shape index (κ3) is 5.39. The van der Waals surface area contributed by atoms with Gasteiger partial charge in [0.2, 0.25) is 0 Å². The van der Waals surface area contributed by atoms with Crippen molar-refractivity contribution in [3.8, 4) is 11.3 Å². The molecule has 0 atom stereocenters. The van der Waals surface area contributed by atoms with E-state index in [0.717, 1.165) is 31.7 Å². The van der Waals surface area contributed by atoms with Crippen LogP contribution in [0, 0.1) is 5.82 Å². The van der Waals surface area contributed by atoms with E-state index in [0.29, 0.717) is 28.9 Å². The Bertz CT molecular complexity index is 1140. The third-order valence-electron chi connectivity index (χ3n) is 6.12. The molecular formula is C26H28FN5O2. The first-order valence-corrected chi connectivity index (χ1v) is 11.4. The van der Waals surface area contributed by atoms with E-state index in [4.69, 9.17) is 0 Å². The predicted octanol–water partition coefficient (Wildman–Crippen LogP) is 3.77. The van der Waals surface area contributed by atoms with Crippen molar-refractivity contribution in [3.05, 3.63) is 77.9 Å². The maximum absolute atomic E-state index is 13.4. The minimum atomic E-state index is -0.323. The van der Waals surface area contributed by atoms with Crippen LogP contribution in [-0.2, 0) is 0 Å². The van der Waals surface area contributed by atoms with Gasteiger partial charge in [-0.3, -0.25) is 14.6 Å². The van der Waals surface area contributed by atoms with Gasteiger partial charge >= 0.3 is 0 Å². The molecule has 1 N–H and O–H groups in total. The summed E-state index contributed by atoms with van der Waals surface area (Å²) in [5, 5.41) is 3.08. The van der Waals surface area contributed by atoms with Gasteiger partial charge in [-0.15, -0.1) is 0 Å². The monoisotopic (exact) mass is 461 g/mol. The van der Waals surface area contributed by atoms with E-state index in [1.165, 1.54) is 18.3 Å². The molecule has 176 valence electrons. The molecule has 3 heterocycles. The van der Waals surface area contributed by atoms with Gasteiger partial charge in [-0.05, 0) is 56.2 Å². The van der Waals surface area contributed by atoms with Crippen LogP contribution in [0.1, 0.15) is 40.5 Å². The van der Waals surface area contributed by atoms with E-state index < -0.39 is 0 Å². The highest BCUT2D eigenvalue weighted by Gasteiger charge is 2.22. The molecule has 0 bridgehead atoms. The second-order valence-corrected chi connectivity index (χ2v) is 8.40. The first kappa shape index (κ1) is 23.4. The second-order valence-electron chi connectivity index (χ2n) is 8.40. The maximum atomic E-state index is 13.4. The number of carbonyl (C=O) groups excluding carboxylic acids is 2. The minimum Gasteiger partial charge on any atom is -0.356 e. The summed E-state index contributed by atoms with van der Waals surface area (Å²) in [6.07, 6.45) is 4.73. The molecule has 0 spiro atoms. The Kier molecular flexibility index (Phi) is 7.15. The molecule has 8 heteroatoms. The molecule has 0 radical (unpaired) electrons. The summed E-state index contributed by atoms with van der Waals surface area (Å²) in [6, 6.07) is 13.4. The number of pyridine rings is 2. The van der Waals surface area contributed by atoms with Crippen molar-refractivity contribution < 1.29 is 14.0 Å². The standard InChI is InChI=1S/C26H28FN5O2/c1-3-31(2)26(34)20-8-10-24(29-17-20)32-13-11-22(12-14-32)30-25(33)19-7-9-23(28-16-19)18-5-4-6-21(27)15-18/h4-10,15-17,22H,3,11-14H2,1-2H3,(H,30,33). The van der Waals surface area contributed by atoms with Gasteiger partial charge in [-0.25, -0.2) is 9.37 Å². The van der Waals surface area contributed by atoms with Crippen LogP contribution in [0.2, 0.25) is 0 Å². The number of nitrogens with one attached hydrogen (secondary N) is 1. The average Bonchev–Trinajstić information content (AvgIpc) is 2.88. The molecule has 4 rings (SSSR count). The van der Waals surface area contributed by atoms with Crippen molar-refractivity contribution in [2.24, 2.45) is 0 Å². The largest absolute Gasteiger partial charge is 0.356 e. The van der Waals surface area contributed by atoms with Crippen LogP contribution in [0.3, 0.4) is 0 Å². The molecule has 3 aromatic rings. The zero-order chi connectivity index (χ0) is 24.1. The van der Waals surface area contributed by atoms with Crippen molar-refractivity contribution in [1.29, 1.82) is 0 Å². The number of halogens is 1. The summed E-state index contributed by atoms with van der Waals surface area (Å²) in [5.41, 5.74) is 2.34. The number of rotatable bonds is 6. The van der Waals surface area contributed by atoms with Crippen LogP contribution in [-0.4, -0.2) is 59.4 Å². The molecule has 1 aliphatic heterocycles. The van der Waals surface area contributed by atoms with E-state index in [9.17, 15) is 14.0 Å². The molecule has 1 aromatic carbocycles. The van der Waals surface area contributed by atoms with E-state index in [1.54, 1.807) is 42.4 Å². The fourth-order valence-corrected chi connectivity index (χ4v) is 3.93. The number of aromatic nitrogens is 2. The molecule has 34 heavy (non-hydrogen) atoms. The summed E-state index contributed by atoms with van der Waals surface area (Å²) < 4.78 is 13.4. The first-order valence-electron chi connectivity index (χ1n) is 11.4. The number of piperidine rings is 1. The van der Waals surface area contributed by atoms with Crippen molar-refractivity contribution >= 4 is 17.6 Å². The number of anilines is 1. The summed E-state index contributed by atoms with van der Waals surface area (Å²) in [6.45, 7) is 4.10. The molecule has 0 saturated carbocycles. The van der Waals surface area contributed by atoms with E-state index in [2.05, 4.69) is 20.2 Å². The van der Waals surface area contributed by atoms with E-state index in [-0.39, 0.29) is 23.7 Å². The summed E-state index contributed by atoms with van der Waals surface area (Å²) in [4.78, 5) is 37.5. The summed E-state index contributed by atoms with van der Waals surface area (Å²) >= 11 is 0. The maximum Gasteiger partial charge on any atom is 0.255 e. The lowest BCUT2D eigenvalue weighted by Gasteiger charge is -2.33. The Morgan fingerprint density at radius 1 is 1.06 bits per heavy atom. The predicted molar refractivity (Wildman–Crippen MR) is 129 cm³/mol. The summed E-state index contributed by atoms with van der Waals surface area (Å²) in [7, 11) is 1.77. The highest BCUT2D eigenvalue weighted by Crippen LogP contribution is 2.20. The molecule has 0 aliphatic carbocycles. The van der Waals surface area contributed by atoms with Crippen molar-refractivity contribution in [3.63, 3.8) is 0 Å². The zero-order valence-electron chi connectivity index (χ0n) is 19.4. The number of nitrogens with zero attached hydrogens (tertiary/aromatic N) is 4. The molecule has 1 aliphatic rings. The Morgan fingerprint density at radius 2 is 1.79 bits per heavy atom. The van der Waals surface area contributed by atoms with Gasteiger partial charge in [0.25, 0.3) is 11.8 Å². The number of hydrogen-bond donors (Lipinski definition) is 1. The SMILES string of the molecule is CCN(C)C(=O)c1ccc(N2CCC(NC(=O)c3ccc(-c4cccc(F)c4)nc3)CC2)nc1. The van der Waals surface area contributed by atoms with Crippen LogP contribution in [0.4, 0.5) is 10.2 Å².